The first-order chi connectivity index (χ1) is 13.1. The van der Waals surface area contributed by atoms with Crippen LogP contribution in [0.15, 0.2) is 65.7 Å². The van der Waals surface area contributed by atoms with Gasteiger partial charge in [0.05, 0.1) is 11.3 Å². The van der Waals surface area contributed by atoms with E-state index in [0.29, 0.717) is 12.0 Å². The van der Waals surface area contributed by atoms with Gasteiger partial charge in [0.2, 0.25) is 11.8 Å². The van der Waals surface area contributed by atoms with E-state index in [2.05, 4.69) is 15.8 Å². The Morgan fingerprint density at radius 2 is 1.74 bits per heavy atom. The summed E-state index contributed by atoms with van der Waals surface area (Å²) < 4.78 is 0. The molecule has 138 valence electrons. The number of nitrogens with one attached hydrogen (secondary N) is 2. The van der Waals surface area contributed by atoms with Crippen LogP contribution < -0.4 is 10.9 Å². The van der Waals surface area contributed by atoms with E-state index in [4.69, 9.17) is 0 Å². The van der Waals surface area contributed by atoms with Gasteiger partial charge >= 0.3 is 0 Å². The molecule has 0 spiro atoms. The van der Waals surface area contributed by atoms with Crippen LogP contribution in [0.4, 0.5) is 0 Å². The van der Waals surface area contributed by atoms with E-state index >= 15 is 0 Å². The van der Waals surface area contributed by atoms with E-state index in [9.17, 15) is 14.7 Å². The van der Waals surface area contributed by atoms with Crippen LogP contribution in [0, 0.1) is 0 Å². The number of pyridine rings is 1. The zero-order valence-corrected chi connectivity index (χ0v) is 15.3. The minimum Gasteiger partial charge on any atom is -0.508 e. The standard InChI is InChI=1S/C20H19N3O3S/c24-16-8-2-1-5-14(16)10-11-18(25)22-23-19(26)13-27-17-9-3-6-15-7-4-12-21-20(15)17/h1-9,12,24H,10-11,13H2,(H,22,25)(H,23,26). The van der Waals surface area contributed by atoms with Gasteiger partial charge in [-0.05, 0) is 30.2 Å². The van der Waals surface area contributed by atoms with Gasteiger partial charge in [0, 0.05) is 22.9 Å². The number of hydrogen-bond donors (Lipinski definition) is 3. The Bertz CT molecular complexity index is 957. The van der Waals surface area contributed by atoms with E-state index in [1.54, 1.807) is 30.5 Å². The van der Waals surface area contributed by atoms with Crippen LogP contribution in [0.3, 0.4) is 0 Å². The highest BCUT2D eigenvalue weighted by Gasteiger charge is 2.09. The topological polar surface area (TPSA) is 91.3 Å². The molecule has 3 N–H and O–H groups in total. The highest BCUT2D eigenvalue weighted by Crippen LogP contribution is 2.25. The molecule has 0 fully saturated rings. The number of carbonyl (C=O) groups is 2. The molecule has 0 aliphatic carbocycles. The molecule has 0 saturated heterocycles. The van der Waals surface area contributed by atoms with E-state index in [0.717, 1.165) is 15.8 Å². The summed E-state index contributed by atoms with van der Waals surface area (Å²) in [6.45, 7) is 0. The summed E-state index contributed by atoms with van der Waals surface area (Å²) >= 11 is 1.36. The highest BCUT2D eigenvalue weighted by atomic mass is 32.2. The summed E-state index contributed by atoms with van der Waals surface area (Å²) in [5.41, 5.74) is 6.35. The smallest absolute Gasteiger partial charge is 0.248 e. The van der Waals surface area contributed by atoms with E-state index in [1.165, 1.54) is 11.8 Å². The summed E-state index contributed by atoms with van der Waals surface area (Å²) in [7, 11) is 0. The number of aromatic nitrogens is 1. The molecule has 27 heavy (non-hydrogen) atoms. The third kappa shape index (κ3) is 5.21. The molecule has 2 aromatic carbocycles. The maximum atomic E-state index is 12.0. The minimum absolute atomic E-state index is 0.162. The second-order valence-electron chi connectivity index (χ2n) is 5.85. The second kappa shape index (κ2) is 9.05. The van der Waals surface area contributed by atoms with Gasteiger partial charge in [-0.15, -0.1) is 11.8 Å². The molecule has 0 unspecified atom stereocenters. The molecule has 0 bridgehead atoms. The number of rotatable bonds is 6. The molecule has 2 amide bonds. The van der Waals surface area contributed by atoms with Crippen molar-refractivity contribution >= 4 is 34.5 Å². The Morgan fingerprint density at radius 3 is 2.59 bits per heavy atom. The maximum Gasteiger partial charge on any atom is 0.248 e. The number of phenolic OH excluding ortho intramolecular Hbond substituents is 1. The number of amides is 2. The third-order valence-electron chi connectivity index (χ3n) is 3.91. The summed E-state index contributed by atoms with van der Waals surface area (Å²) in [6, 6.07) is 16.5. The van der Waals surface area contributed by atoms with Gasteiger partial charge in [-0.2, -0.15) is 0 Å². The van der Waals surface area contributed by atoms with Crippen LogP contribution in [0.5, 0.6) is 5.75 Å². The number of phenols is 1. The van der Waals surface area contributed by atoms with Crippen molar-refractivity contribution in [2.75, 3.05) is 5.75 Å². The average Bonchev–Trinajstić information content (AvgIpc) is 2.70. The van der Waals surface area contributed by atoms with E-state index in [1.807, 2.05) is 30.3 Å². The zero-order chi connectivity index (χ0) is 19.1. The van der Waals surface area contributed by atoms with Gasteiger partial charge in [0.1, 0.15) is 5.75 Å². The van der Waals surface area contributed by atoms with Crippen molar-refractivity contribution in [2.24, 2.45) is 0 Å². The largest absolute Gasteiger partial charge is 0.508 e. The second-order valence-corrected chi connectivity index (χ2v) is 6.86. The number of hydrazine groups is 1. The Labute approximate surface area is 161 Å². The molecule has 3 rings (SSSR count). The van der Waals surface area contributed by atoms with Crippen molar-refractivity contribution < 1.29 is 14.7 Å². The van der Waals surface area contributed by atoms with E-state index < -0.39 is 0 Å². The normalized spacial score (nSPS) is 10.5. The summed E-state index contributed by atoms with van der Waals surface area (Å²) in [5, 5.41) is 10.7. The molecule has 3 aromatic rings. The number of nitrogens with zero attached hydrogens (tertiary/aromatic N) is 1. The Hall–Kier alpha value is -3.06. The molecule has 6 nitrogen and oxygen atoms in total. The molecule has 0 atom stereocenters. The summed E-state index contributed by atoms with van der Waals surface area (Å²) in [5.74, 6) is -0.295. The van der Waals surface area contributed by atoms with Gasteiger partial charge in [0.25, 0.3) is 0 Å². The zero-order valence-electron chi connectivity index (χ0n) is 14.5. The van der Waals surface area contributed by atoms with Gasteiger partial charge < -0.3 is 5.11 Å². The lowest BCUT2D eigenvalue weighted by molar-refractivity contribution is -0.127. The molecule has 7 heteroatoms. The molecule has 1 aromatic heterocycles. The Balaban J connectivity index is 1.44. The highest BCUT2D eigenvalue weighted by molar-refractivity contribution is 8.00. The van der Waals surface area contributed by atoms with Crippen molar-refractivity contribution in [2.45, 2.75) is 17.7 Å². The van der Waals surface area contributed by atoms with Crippen molar-refractivity contribution in [1.82, 2.24) is 15.8 Å². The monoisotopic (exact) mass is 381 g/mol. The lowest BCUT2D eigenvalue weighted by Crippen LogP contribution is -2.42. The molecule has 0 aliphatic heterocycles. The predicted molar refractivity (Wildman–Crippen MR) is 105 cm³/mol. The molecule has 0 radical (unpaired) electrons. The van der Waals surface area contributed by atoms with Gasteiger partial charge in [-0.3, -0.25) is 25.4 Å². The number of fused-ring (bicyclic) bond motifs is 1. The predicted octanol–water partition coefficient (Wildman–Crippen LogP) is 2.81. The number of hydrogen-bond acceptors (Lipinski definition) is 5. The van der Waals surface area contributed by atoms with Gasteiger partial charge in [-0.1, -0.05) is 36.4 Å². The molecular weight excluding hydrogens is 362 g/mol. The number of benzene rings is 2. The van der Waals surface area contributed by atoms with Crippen molar-refractivity contribution in [3.05, 3.63) is 66.4 Å². The van der Waals surface area contributed by atoms with Crippen LogP contribution in [0.25, 0.3) is 10.9 Å². The van der Waals surface area contributed by atoms with Crippen LogP contribution >= 0.6 is 11.8 Å². The lowest BCUT2D eigenvalue weighted by Gasteiger charge is -2.09. The lowest BCUT2D eigenvalue weighted by atomic mass is 10.1. The third-order valence-corrected chi connectivity index (χ3v) is 4.96. The first-order valence-corrected chi connectivity index (χ1v) is 9.43. The van der Waals surface area contributed by atoms with E-state index in [-0.39, 0.29) is 29.7 Å². The Kier molecular flexibility index (Phi) is 6.27. The fourth-order valence-corrected chi connectivity index (χ4v) is 3.39. The van der Waals surface area contributed by atoms with Gasteiger partial charge in [0.15, 0.2) is 0 Å². The maximum absolute atomic E-state index is 12.0. The quantitative estimate of drug-likeness (QED) is 0.451. The number of aryl methyl sites for hydroxylation is 1. The first kappa shape index (κ1) is 18.7. The van der Waals surface area contributed by atoms with Crippen molar-refractivity contribution in [3.63, 3.8) is 0 Å². The SMILES string of the molecule is O=C(CCc1ccccc1O)NNC(=O)CSc1cccc2cccnc12. The van der Waals surface area contributed by atoms with Gasteiger partial charge in [-0.25, -0.2) is 0 Å². The average molecular weight is 381 g/mol. The number of thioether (sulfide) groups is 1. The van der Waals surface area contributed by atoms with Crippen LogP contribution in [0.2, 0.25) is 0 Å². The fourth-order valence-electron chi connectivity index (χ4n) is 2.54. The molecule has 1 heterocycles. The minimum atomic E-state index is -0.316. The number of aromatic hydroxyl groups is 1. The van der Waals surface area contributed by atoms with Crippen LogP contribution in [-0.2, 0) is 16.0 Å². The molecule has 0 saturated carbocycles. The van der Waals surface area contributed by atoms with Crippen LogP contribution in [0.1, 0.15) is 12.0 Å². The first-order valence-electron chi connectivity index (χ1n) is 8.44. The van der Waals surface area contributed by atoms with Crippen LogP contribution in [-0.4, -0.2) is 27.7 Å². The fraction of sp³-hybridized carbons (Fsp3) is 0.150. The number of carbonyl (C=O) groups excluding carboxylic acids is 2. The summed E-state index contributed by atoms with van der Waals surface area (Å²) in [6.07, 6.45) is 2.28. The number of para-hydroxylation sites is 2. The molecular formula is C20H19N3O3S. The van der Waals surface area contributed by atoms with Crippen molar-refractivity contribution in [1.29, 1.82) is 0 Å². The van der Waals surface area contributed by atoms with Crippen molar-refractivity contribution in [3.8, 4) is 5.75 Å². The Morgan fingerprint density at radius 1 is 0.963 bits per heavy atom. The summed E-state index contributed by atoms with van der Waals surface area (Å²) in [4.78, 5) is 29.1. The molecule has 0 aliphatic rings.